The van der Waals surface area contributed by atoms with Crippen LogP contribution in [0.2, 0.25) is 0 Å². The van der Waals surface area contributed by atoms with Crippen LogP contribution in [0.5, 0.6) is 5.75 Å². The maximum absolute atomic E-state index is 13.7. The molecule has 0 radical (unpaired) electrons. The minimum atomic E-state index is -0.628. The highest BCUT2D eigenvalue weighted by atomic mass is 16.5. The van der Waals surface area contributed by atoms with Crippen LogP contribution in [-0.2, 0) is 6.54 Å². The molecule has 174 valence electrons. The van der Waals surface area contributed by atoms with Gasteiger partial charge in [0.25, 0.3) is 0 Å². The summed E-state index contributed by atoms with van der Waals surface area (Å²) < 4.78 is 10.7. The van der Waals surface area contributed by atoms with Gasteiger partial charge in [-0.15, -0.1) is 0 Å². The fourth-order valence-electron chi connectivity index (χ4n) is 5.22. The Balaban J connectivity index is 1.52. The van der Waals surface area contributed by atoms with E-state index < -0.39 is 23.0 Å². The average molecular weight is 459 g/mol. The molecule has 3 aromatic rings. The van der Waals surface area contributed by atoms with E-state index in [-0.39, 0.29) is 12.3 Å². The Morgan fingerprint density at radius 2 is 1.71 bits per heavy atom. The van der Waals surface area contributed by atoms with Crippen molar-refractivity contribution in [3.05, 3.63) is 86.2 Å². The Morgan fingerprint density at radius 1 is 1.00 bits per heavy atom. The minimum Gasteiger partial charge on any atom is -0.483 e. The number of rotatable bonds is 3. The summed E-state index contributed by atoms with van der Waals surface area (Å²) in [6.07, 6.45) is 3.18. The third-order valence-corrected chi connectivity index (χ3v) is 7.19. The Morgan fingerprint density at radius 3 is 2.35 bits per heavy atom. The van der Waals surface area contributed by atoms with Crippen molar-refractivity contribution in [3.63, 3.8) is 0 Å². The molecule has 0 N–H and O–H groups in total. The number of ether oxygens (including phenoxy) is 1. The summed E-state index contributed by atoms with van der Waals surface area (Å²) in [5, 5.41) is 0. The van der Waals surface area contributed by atoms with Crippen LogP contribution in [0.15, 0.2) is 63.7 Å². The van der Waals surface area contributed by atoms with Gasteiger partial charge in [0.1, 0.15) is 17.4 Å². The van der Waals surface area contributed by atoms with Crippen molar-refractivity contribution >= 4 is 11.5 Å². The lowest BCUT2D eigenvalue weighted by Gasteiger charge is -2.43. The molecule has 0 amide bonds. The van der Waals surface area contributed by atoms with Gasteiger partial charge >= 0.3 is 11.4 Å². The molecule has 0 bridgehead atoms. The van der Waals surface area contributed by atoms with Crippen LogP contribution < -0.4 is 21.0 Å². The number of ketones is 1. The number of nitrogens with zero attached hydrogens (tertiary/aromatic N) is 4. The van der Waals surface area contributed by atoms with E-state index in [2.05, 4.69) is 11.0 Å². The number of allylic oxidation sites excluding steroid dienone is 1. The molecule has 3 aliphatic heterocycles. The van der Waals surface area contributed by atoms with E-state index in [0.717, 1.165) is 35.7 Å². The topological polar surface area (TPSA) is 78.5 Å². The van der Waals surface area contributed by atoms with Crippen molar-refractivity contribution in [1.29, 1.82) is 0 Å². The van der Waals surface area contributed by atoms with Gasteiger partial charge in [0.05, 0.1) is 12.2 Å². The Kier molecular flexibility index (Phi) is 4.33. The molecule has 1 aromatic heterocycles. The van der Waals surface area contributed by atoms with Gasteiger partial charge in [-0.2, -0.15) is 0 Å². The number of hydrogen-bond donors (Lipinski definition) is 0. The van der Waals surface area contributed by atoms with E-state index >= 15 is 0 Å². The second-order valence-electron chi connectivity index (χ2n) is 9.67. The molecule has 8 nitrogen and oxygen atoms in total. The lowest BCUT2D eigenvalue weighted by molar-refractivity contribution is 0.101. The van der Waals surface area contributed by atoms with Crippen molar-refractivity contribution in [2.75, 3.05) is 18.0 Å². The molecule has 2 aromatic carbocycles. The highest BCUT2D eigenvalue weighted by Crippen LogP contribution is 2.47. The number of anilines is 1. The number of aromatic nitrogens is 3. The van der Waals surface area contributed by atoms with Crippen molar-refractivity contribution < 1.29 is 9.53 Å². The van der Waals surface area contributed by atoms with Gasteiger partial charge in [0.15, 0.2) is 5.78 Å². The molecule has 4 heterocycles. The molecular formula is C26H26N4O4. The predicted octanol–water partition coefficient (Wildman–Crippen LogP) is 2.91. The lowest BCUT2D eigenvalue weighted by atomic mass is 9.83. The van der Waals surface area contributed by atoms with E-state index in [1.54, 1.807) is 28.9 Å². The molecule has 3 aliphatic rings. The normalized spacial score (nSPS) is 19.8. The highest BCUT2D eigenvalue weighted by molar-refractivity contribution is 5.94. The molecule has 1 unspecified atom stereocenters. The highest BCUT2D eigenvalue weighted by Gasteiger charge is 2.44. The molecule has 1 fully saturated rings. The molecule has 8 heteroatoms. The van der Waals surface area contributed by atoms with Gasteiger partial charge in [-0.25, -0.2) is 23.5 Å². The summed E-state index contributed by atoms with van der Waals surface area (Å²) >= 11 is 0. The molecule has 0 saturated carbocycles. The largest absolute Gasteiger partial charge is 0.483 e. The number of hydrogen-bond acceptors (Lipinski definition) is 5. The quantitative estimate of drug-likeness (QED) is 0.446. The summed E-state index contributed by atoms with van der Waals surface area (Å²) in [6.45, 7) is 7.83. The predicted molar refractivity (Wildman–Crippen MR) is 128 cm³/mol. The number of Topliss-reactive ketones (excluding diaryl/α,β-unsaturated/α-hetero) is 1. The summed E-state index contributed by atoms with van der Waals surface area (Å²) in [5.41, 5.74) is 2.47. The first-order valence-corrected chi connectivity index (χ1v) is 11.6. The number of carbonyl (C=O) groups is 1. The van der Waals surface area contributed by atoms with E-state index in [4.69, 9.17) is 4.74 Å². The standard InChI is InChI=1S/C26H26N4O4/c1-16(31)17-5-7-18(8-6-17)29-24(32)28-14-11-21-23(30(28)25(29)33)20-10-9-19(27-12-4-13-27)15-22(20)34-26(21,2)3/h5-11,15,23H,4,12-14H2,1-3H3. The number of carbonyl (C=O) groups excluding carboxylic acids is 1. The smallest absolute Gasteiger partial charge is 0.352 e. The fraction of sp³-hybridized carbons (Fsp3) is 0.346. The van der Waals surface area contributed by atoms with Crippen LogP contribution in [0.4, 0.5) is 5.69 Å². The zero-order valence-corrected chi connectivity index (χ0v) is 19.4. The summed E-state index contributed by atoms with van der Waals surface area (Å²) in [5.74, 6) is 0.669. The monoisotopic (exact) mass is 458 g/mol. The molecule has 1 saturated heterocycles. The minimum absolute atomic E-state index is 0.0701. The molecule has 6 rings (SSSR count). The van der Waals surface area contributed by atoms with Crippen LogP contribution in [0, 0.1) is 0 Å². The van der Waals surface area contributed by atoms with E-state index in [0.29, 0.717) is 11.3 Å². The van der Waals surface area contributed by atoms with Crippen molar-refractivity contribution in [2.45, 2.75) is 45.4 Å². The fourth-order valence-corrected chi connectivity index (χ4v) is 5.22. The van der Waals surface area contributed by atoms with Gasteiger partial charge in [-0.1, -0.05) is 12.1 Å². The molecule has 1 atom stereocenters. The van der Waals surface area contributed by atoms with Crippen LogP contribution in [0.25, 0.3) is 5.69 Å². The SMILES string of the molecule is CC(=O)c1ccc(-n2c(=O)n3n(c2=O)C2C(=CC3)C(C)(C)Oc3cc(N4CCC4)ccc32)cc1. The number of benzene rings is 2. The van der Waals surface area contributed by atoms with Crippen LogP contribution in [0.1, 0.15) is 49.2 Å². The van der Waals surface area contributed by atoms with Crippen LogP contribution in [-0.4, -0.2) is 38.4 Å². The van der Waals surface area contributed by atoms with Crippen molar-refractivity contribution in [2.24, 2.45) is 0 Å². The van der Waals surface area contributed by atoms with Gasteiger partial charge in [0.2, 0.25) is 0 Å². The lowest BCUT2D eigenvalue weighted by Crippen LogP contribution is -2.46. The molecular weight excluding hydrogens is 432 g/mol. The van der Waals surface area contributed by atoms with Crippen LogP contribution in [0.3, 0.4) is 0 Å². The van der Waals surface area contributed by atoms with Gasteiger partial charge in [-0.3, -0.25) is 4.79 Å². The average Bonchev–Trinajstić information content (AvgIpc) is 3.02. The van der Waals surface area contributed by atoms with E-state index in [1.807, 2.05) is 32.1 Å². The first kappa shape index (κ1) is 20.8. The summed E-state index contributed by atoms with van der Waals surface area (Å²) in [6, 6.07) is 12.3. The Bertz CT molecular complexity index is 1480. The molecule has 34 heavy (non-hydrogen) atoms. The first-order chi connectivity index (χ1) is 16.3. The van der Waals surface area contributed by atoms with Gasteiger partial charge in [0, 0.05) is 36.0 Å². The van der Waals surface area contributed by atoms with Crippen molar-refractivity contribution in [3.8, 4) is 11.4 Å². The first-order valence-electron chi connectivity index (χ1n) is 11.6. The zero-order chi connectivity index (χ0) is 23.8. The second kappa shape index (κ2) is 7.09. The third-order valence-electron chi connectivity index (χ3n) is 7.19. The summed E-state index contributed by atoms with van der Waals surface area (Å²) in [7, 11) is 0. The van der Waals surface area contributed by atoms with Gasteiger partial charge in [-0.05, 0) is 63.1 Å². The zero-order valence-electron chi connectivity index (χ0n) is 19.4. The Labute approximate surface area is 196 Å². The third kappa shape index (κ3) is 2.87. The van der Waals surface area contributed by atoms with E-state index in [9.17, 15) is 14.4 Å². The maximum Gasteiger partial charge on any atom is 0.352 e. The van der Waals surface area contributed by atoms with Gasteiger partial charge < -0.3 is 9.64 Å². The summed E-state index contributed by atoms with van der Waals surface area (Å²) in [4.78, 5) is 41.0. The molecule has 0 aliphatic carbocycles. The van der Waals surface area contributed by atoms with Crippen molar-refractivity contribution in [1.82, 2.24) is 13.9 Å². The number of fused-ring (bicyclic) bond motifs is 5. The Hall–Kier alpha value is -3.81. The maximum atomic E-state index is 13.7. The van der Waals surface area contributed by atoms with E-state index in [1.165, 1.54) is 22.6 Å². The second-order valence-corrected chi connectivity index (χ2v) is 9.67. The van der Waals surface area contributed by atoms with Crippen LogP contribution >= 0.6 is 0 Å². The molecule has 0 spiro atoms.